The lowest BCUT2D eigenvalue weighted by atomic mass is 10.1. The number of benzene rings is 1. The smallest absolute Gasteiger partial charge is 0.258 e. The van der Waals surface area contributed by atoms with E-state index in [0.717, 1.165) is 0 Å². The number of Topliss-reactive ketones (excluding diaryl/α,β-unsaturated/α-hetero) is 1. The molecule has 2 aromatic rings. The van der Waals surface area contributed by atoms with Gasteiger partial charge in [-0.3, -0.25) is 9.59 Å². The molecule has 0 aliphatic heterocycles. The molecule has 21 heavy (non-hydrogen) atoms. The Hall–Kier alpha value is -2.70. The molecule has 2 rings (SSSR count). The van der Waals surface area contributed by atoms with Gasteiger partial charge in [0.2, 0.25) is 0 Å². The average molecular weight is 288 g/mol. The second-order valence-electron chi connectivity index (χ2n) is 4.51. The van der Waals surface area contributed by atoms with Gasteiger partial charge in [0.25, 0.3) is 5.91 Å². The van der Waals surface area contributed by atoms with Crippen molar-refractivity contribution in [3.8, 4) is 5.75 Å². The number of carbonyl (C=O) groups excluding carboxylic acids is 2. The number of aryl methyl sites for hydroxylation is 1. The Morgan fingerprint density at radius 3 is 2.86 bits per heavy atom. The molecule has 0 aliphatic rings. The van der Waals surface area contributed by atoms with Crippen molar-refractivity contribution >= 4 is 11.7 Å². The highest BCUT2D eigenvalue weighted by Gasteiger charge is 2.07. The molecule has 0 spiro atoms. The molecule has 0 fully saturated rings. The molecule has 1 heterocycles. The van der Waals surface area contributed by atoms with E-state index in [1.54, 1.807) is 42.2 Å². The van der Waals surface area contributed by atoms with E-state index in [-0.39, 0.29) is 24.8 Å². The van der Waals surface area contributed by atoms with Crippen LogP contribution < -0.4 is 10.1 Å². The minimum atomic E-state index is -0.272. The molecule has 0 saturated heterocycles. The van der Waals surface area contributed by atoms with Crippen molar-refractivity contribution in [1.82, 2.24) is 20.1 Å². The lowest BCUT2D eigenvalue weighted by molar-refractivity contribution is -0.123. The van der Waals surface area contributed by atoms with Gasteiger partial charge in [0.15, 0.2) is 18.2 Å². The Labute approximate surface area is 121 Å². The van der Waals surface area contributed by atoms with E-state index in [9.17, 15) is 9.59 Å². The molecule has 7 heteroatoms. The number of hydrogen-bond donors (Lipinski definition) is 1. The summed E-state index contributed by atoms with van der Waals surface area (Å²) in [7, 11) is 1.80. The summed E-state index contributed by atoms with van der Waals surface area (Å²) in [6, 6.07) is 6.72. The SMILES string of the molecule is CC(=O)c1cccc(OCC(=O)NCc2nncn2C)c1. The Morgan fingerprint density at radius 2 is 2.19 bits per heavy atom. The van der Waals surface area contributed by atoms with Crippen molar-refractivity contribution in [2.24, 2.45) is 7.05 Å². The zero-order valence-electron chi connectivity index (χ0n) is 11.9. The monoisotopic (exact) mass is 288 g/mol. The Morgan fingerprint density at radius 1 is 1.38 bits per heavy atom. The van der Waals surface area contributed by atoms with Gasteiger partial charge in [0.1, 0.15) is 12.1 Å². The number of amides is 1. The molecule has 0 saturated carbocycles. The van der Waals surface area contributed by atoms with Crippen LogP contribution in [-0.2, 0) is 18.4 Å². The third-order valence-corrected chi connectivity index (χ3v) is 2.86. The van der Waals surface area contributed by atoms with Crippen molar-refractivity contribution in [1.29, 1.82) is 0 Å². The highest BCUT2D eigenvalue weighted by atomic mass is 16.5. The van der Waals surface area contributed by atoms with Gasteiger partial charge in [0, 0.05) is 12.6 Å². The molecule has 0 bridgehead atoms. The predicted molar refractivity (Wildman–Crippen MR) is 74.8 cm³/mol. The molecule has 7 nitrogen and oxygen atoms in total. The third-order valence-electron chi connectivity index (χ3n) is 2.86. The summed E-state index contributed by atoms with van der Waals surface area (Å²) >= 11 is 0. The summed E-state index contributed by atoms with van der Waals surface area (Å²) in [5.41, 5.74) is 0.548. The molecule has 0 atom stereocenters. The van der Waals surface area contributed by atoms with Gasteiger partial charge >= 0.3 is 0 Å². The molecule has 0 aliphatic carbocycles. The van der Waals surface area contributed by atoms with E-state index < -0.39 is 0 Å². The predicted octanol–water partition coefficient (Wildman–Crippen LogP) is 0.713. The van der Waals surface area contributed by atoms with Crippen LogP contribution in [0.2, 0.25) is 0 Å². The minimum Gasteiger partial charge on any atom is -0.484 e. The van der Waals surface area contributed by atoms with Gasteiger partial charge in [-0.1, -0.05) is 12.1 Å². The molecule has 1 N–H and O–H groups in total. The van der Waals surface area contributed by atoms with E-state index >= 15 is 0 Å². The number of nitrogens with one attached hydrogen (secondary N) is 1. The largest absolute Gasteiger partial charge is 0.484 e. The summed E-state index contributed by atoms with van der Waals surface area (Å²) in [5, 5.41) is 10.3. The van der Waals surface area contributed by atoms with Crippen LogP contribution in [0.3, 0.4) is 0 Å². The van der Waals surface area contributed by atoms with Crippen LogP contribution in [0.1, 0.15) is 23.1 Å². The zero-order valence-corrected chi connectivity index (χ0v) is 11.9. The summed E-state index contributed by atoms with van der Waals surface area (Å²) in [5.74, 6) is 0.817. The first-order valence-corrected chi connectivity index (χ1v) is 6.39. The number of hydrogen-bond acceptors (Lipinski definition) is 5. The number of carbonyl (C=O) groups is 2. The Kier molecular flexibility index (Phi) is 4.65. The summed E-state index contributed by atoms with van der Waals surface area (Å²) in [4.78, 5) is 22.9. The van der Waals surface area contributed by atoms with E-state index in [4.69, 9.17) is 4.74 Å². The van der Waals surface area contributed by atoms with Gasteiger partial charge in [0.05, 0.1) is 6.54 Å². The van der Waals surface area contributed by atoms with Crippen molar-refractivity contribution in [3.63, 3.8) is 0 Å². The minimum absolute atomic E-state index is 0.0489. The fourth-order valence-electron chi connectivity index (χ4n) is 1.65. The second kappa shape index (κ2) is 6.65. The third kappa shape index (κ3) is 4.13. The van der Waals surface area contributed by atoms with E-state index in [0.29, 0.717) is 17.1 Å². The van der Waals surface area contributed by atoms with Gasteiger partial charge < -0.3 is 14.6 Å². The van der Waals surface area contributed by atoms with Gasteiger partial charge in [-0.2, -0.15) is 0 Å². The van der Waals surface area contributed by atoms with Gasteiger partial charge in [-0.05, 0) is 19.1 Å². The van der Waals surface area contributed by atoms with Crippen LogP contribution in [-0.4, -0.2) is 33.1 Å². The number of rotatable bonds is 6. The lowest BCUT2D eigenvalue weighted by Crippen LogP contribution is -2.29. The molecule has 1 aromatic heterocycles. The Balaban J connectivity index is 1.82. The molecule has 0 radical (unpaired) electrons. The number of aromatic nitrogens is 3. The van der Waals surface area contributed by atoms with Crippen LogP contribution >= 0.6 is 0 Å². The fraction of sp³-hybridized carbons (Fsp3) is 0.286. The first-order valence-electron chi connectivity index (χ1n) is 6.39. The highest BCUT2D eigenvalue weighted by Crippen LogP contribution is 2.13. The zero-order chi connectivity index (χ0) is 15.2. The molecule has 110 valence electrons. The van der Waals surface area contributed by atoms with E-state index in [1.807, 2.05) is 0 Å². The maximum atomic E-state index is 11.7. The van der Waals surface area contributed by atoms with Gasteiger partial charge in [-0.15, -0.1) is 10.2 Å². The molecular weight excluding hydrogens is 272 g/mol. The number of nitrogens with zero attached hydrogens (tertiary/aromatic N) is 3. The highest BCUT2D eigenvalue weighted by molar-refractivity contribution is 5.94. The van der Waals surface area contributed by atoms with Crippen LogP contribution in [0.5, 0.6) is 5.75 Å². The Bertz CT molecular complexity index is 651. The van der Waals surface area contributed by atoms with Crippen LogP contribution in [0.15, 0.2) is 30.6 Å². The first-order chi connectivity index (χ1) is 10.1. The number of ketones is 1. The van der Waals surface area contributed by atoms with Crippen molar-refractivity contribution < 1.29 is 14.3 Å². The fourth-order valence-corrected chi connectivity index (χ4v) is 1.65. The lowest BCUT2D eigenvalue weighted by Gasteiger charge is -2.08. The van der Waals surface area contributed by atoms with Crippen LogP contribution in [0, 0.1) is 0 Å². The second-order valence-corrected chi connectivity index (χ2v) is 4.51. The summed E-state index contributed by atoms with van der Waals surface area (Å²) in [6.45, 7) is 1.64. The molecule has 0 unspecified atom stereocenters. The van der Waals surface area contributed by atoms with Crippen molar-refractivity contribution in [2.45, 2.75) is 13.5 Å². The molecular formula is C14H16N4O3. The van der Waals surface area contributed by atoms with Crippen molar-refractivity contribution in [3.05, 3.63) is 42.0 Å². The summed E-state index contributed by atoms with van der Waals surface area (Å²) in [6.07, 6.45) is 1.56. The topological polar surface area (TPSA) is 86.1 Å². The molecule has 1 amide bonds. The maximum Gasteiger partial charge on any atom is 0.258 e. The van der Waals surface area contributed by atoms with Crippen molar-refractivity contribution in [2.75, 3.05) is 6.61 Å². The van der Waals surface area contributed by atoms with Gasteiger partial charge in [-0.25, -0.2) is 0 Å². The van der Waals surface area contributed by atoms with Crippen LogP contribution in [0.25, 0.3) is 0 Å². The summed E-state index contributed by atoms with van der Waals surface area (Å²) < 4.78 is 7.07. The number of ether oxygens (including phenoxy) is 1. The van der Waals surface area contributed by atoms with E-state index in [1.165, 1.54) is 6.92 Å². The maximum absolute atomic E-state index is 11.7. The normalized spacial score (nSPS) is 10.2. The first kappa shape index (κ1) is 14.7. The van der Waals surface area contributed by atoms with Crippen LogP contribution in [0.4, 0.5) is 0 Å². The quantitative estimate of drug-likeness (QED) is 0.791. The average Bonchev–Trinajstić information content (AvgIpc) is 2.88. The standard InChI is InChI=1S/C14H16N4O3/c1-10(19)11-4-3-5-12(6-11)21-8-14(20)15-7-13-17-16-9-18(13)2/h3-6,9H,7-8H2,1-2H3,(H,15,20). The molecule has 1 aromatic carbocycles. The van der Waals surface area contributed by atoms with E-state index in [2.05, 4.69) is 15.5 Å².